The van der Waals surface area contributed by atoms with Crippen LogP contribution in [0.2, 0.25) is 0 Å². The summed E-state index contributed by atoms with van der Waals surface area (Å²) in [4.78, 5) is 29.1. The van der Waals surface area contributed by atoms with Gasteiger partial charge in [0.25, 0.3) is 5.91 Å². The van der Waals surface area contributed by atoms with Crippen LogP contribution < -0.4 is 20.3 Å². The Morgan fingerprint density at radius 2 is 2.03 bits per heavy atom. The van der Waals surface area contributed by atoms with Crippen molar-refractivity contribution in [2.24, 2.45) is 0 Å². The number of allylic oxidation sites excluding steroid dienone is 1. The van der Waals surface area contributed by atoms with Crippen molar-refractivity contribution in [2.75, 3.05) is 26.9 Å². The van der Waals surface area contributed by atoms with Crippen molar-refractivity contribution in [3.05, 3.63) is 35.4 Å². The number of carbonyl (C=O) groups excluding carboxylic acids is 2. The van der Waals surface area contributed by atoms with Crippen LogP contribution in [-0.2, 0) is 9.63 Å². The number of amides is 2. The van der Waals surface area contributed by atoms with Crippen LogP contribution in [0.15, 0.2) is 29.8 Å². The zero-order valence-electron chi connectivity index (χ0n) is 17.4. The molecule has 0 radical (unpaired) electrons. The molecule has 7 heteroatoms. The molecule has 2 N–H and O–H groups in total. The Kier molecular flexibility index (Phi) is 10.1. The molecular formula is C22H32N2O5. The minimum absolute atomic E-state index is 0.236. The van der Waals surface area contributed by atoms with Crippen LogP contribution in [0.4, 0.5) is 0 Å². The molecule has 1 aromatic carbocycles. The van der Waals surface area contributed by atoms with E-state index in [-0.39, 0.29) is 12.5 Å². The summed E-state index contributed by atoms with van der Waals surface area (Å²) in [6, 6.07) is 4.90. The highest BCUT2D eigenvalue weighted by molar-refractivity contribution is 5.94. The van der Waals surface area contributed by atoms with E-state index >= 15 is 0 Å². The predicted molar refractivity (Wildman–Crippen MR) is 111 cm³/mol. The van der Waals surface area contributed by atoms with E-state index in [9.17, 15) is 9.59 Å². The Labute approximate surface area is 172 Å². The summed E-state index contributed by atoms with van der Waals surface area (Å²) in [7, 11) is 1.52. The quantitative estimate of drug-likeness (QED) is 0.316. The second kappa shape index (κ2) is 12.8. The number of methoxy groups -OCH3 is 1. The molecule has 0 saturated heterocycles. The Bertz CT molecular complexity index is 702. The maximum absolute atomic E-state index is 12.2. The Balaban J connectivity index is 1.71. The fraction of sp³-hybridized carbons (Fsp3) is 0.545. The lowest BCUT2D eigenvalue weighted by molar-refractivity contribution is -0.127. The van der Waals surface area contributed by atoms with Gasteiger partial charge in [-0.15, -0.1) is 0 Å². The number of hydroxylamine groups is 1. The van der Waals surface area contributed by atoms with Gasteiger partial charge in [0.2, 0.25) is 5.91 Å². The summed E-state index contributed by atoms with van der Waals surface area (Å²) in [5.74, 6) is 0.344. The highest BCUT2D eigenvalue weighted by Crippen LogP contribution is 2.28. The lowest BCUT2D eigenvalue weighted by atomic mass is 9.97. The highest BCUT2D eigenvalue weighted by Gasteiger charge is 2.12. The number of ether oxygens (including phenoxy) is 2. The number of benzene rings is 1. The molecule has 160 valence electrons. The summed E-state index contributed by atoms with van der Waals surface area (Å²) in [5, 5.41) is 2.80. The van der Waals surface area contributed by atoms with E-state index in [0.717, 1.165) is 32.1 Å². The van der Waals surface area contributed by atoms with Crippen molar-refractivity contribution in [3.63, 3.8) is 0 Å². The smallest absolute Gasteiger partial charge is 0.274 e. The van der Waals surface area contributed by atoms with Gasteiger partial charge in [0, 0.05) is 12.1 Å². The zero-order chi connectivity index (χ0) is 20.9. The van der Waals surface area contributed by atoms with Crippen molar-refractivity contribution in [3.8, 4) is 11.5 Å². The third-order valence-corrected chi connectivity index (χ3v) is 4.70. The standard InChI is InChI=1S/C22H32N2O5/c1-3-4-14-28-19-11-10-18(15-20(19)27-2)22(26)24-29-16-21(25)23-13-12-17-8-6-5-7-9-17/h8,10-11,15H,3-7,9,12-14,16H2,1-2H3,(H,23,25)(H,24,26). The zero-order valence-corrected chi connectivity index (χ0v) is 17.4. The summed E-state index contributed by atoms with van der Waals surface area (Å²) < 4.78 is 10.9. The van der Waals surface area contributed by atoms with Gasteiger partial charge >= 0.3 is 0 Å². The largest absolute Gasteiger partial charge is 0.493 e. The number of unbranched alkanes of at least 4 members (excludes halogenated alkanes) is 1. The first-order chi connectivity index (χ1) is 14.1. The van der Waals surface area contributed by atoms with E-state index in [4.69, 9.17) is 14.3 Å². The molecule has 0 atom stereocenters. The van der Waals surface area contributed by atoms with Gasteiger partial charge in [-0.3, -0.25) is 14.4 Å². The molecule has 29 heavy (non-hydrogen) atoms. The van der Waals surface area contributed by atoms with Gasteiger partial charge in [-0.25, -0.2) is 5.48 Å². The third kappa shape index (κ3) is 8.15. The molecule has 0 heterocycles. The summed E-state index contributed by atoms with van der Waals surface area (Å²) in [5.41, 5.74) is 4.05. The van der Waals surface area contributed by atoms with E-state index < -0.39 is 5.91 Å². The van der Waals surface area contributed by atoms with Gasteiger partial charge in [0.15, 0.2) is 18.1 Å². The average Bonchev–Trinajstić information content (AvgIpc) is 2.74. The number of rotatable bonds is 12. The van der Waals surface area contributed by atoms with Crippen LogP contribution in [0, 0.1) is 0 Å². The van der Waals surface area contributed by atoms with Gasteiger partial charge in [-0.1, -0.05) is 25.0 Å². The fourth-order valence-corrected chi connectivity index (χ4v) is 3.03. The summed E-state index contributed by atoms with van der Waals surface area (Å²) >= 11 is 0. The van der Waals surface area contributed by atoms with Gasteiger partial charge in [0.1, 0.15) is 0 Å². The molecule has 0 bridgehead atoms. The molecule has 0 fully saturated rings. The SMILES string of the molecule is CCCCOc1ccc(C(=O)NOCC(=O)NCCC2=CCCCC2)cc1OC. The first-order valence-corrected chi connectivity index (χ1v) is 10.3. The van der Waals surface area contributed by atoms with Gasteiger partial charge < -0.3 is 14.8 Å². The number of nitrogens with one attached hydrogen (secondary N) is 2. The van der Waals surface area contributed by atoms with Crippen LogP contribution in [0.25, 0.3) is 0 Å². The van der Waals surface area contributed by atoms with Crippen LogP contribution in [-0.4, -0.2) is 38.7 Å². The molecule has 2 amide bonds. The van der Waals surface area contributed by atoms with Crippen molar-refractivity contribution in [1.82, 2.24) is 10.8 Å². The van der Waals surface area contributed by atoms with E-state index in [2.05, 4.69) is 23.8 Å². The third-order valence-electron chi connectivity index (χ3n) is 4.70. The van der Waals surface area contributed by atoms with E-state index in [1.807, 2.05) is 0 Å². The van der Waals surface area contributed by atoms with Crippen molar-refractivity contribution in [1.29, 1.82) is 0 Å². The van der Waals surface area contributed by atoms with Gasteiger partial charge in [-0.05, 0) is 56.7 Å². The maximum Gasteiger partial charge on any atom is 0.274 e. The van der Waals surface area contributed by atoms with Gasteiger partial charge in [-0.2, -0.15) is 0 Å². The monoisotopic (exact) mass is 404 g/mol. The van der Waals surface area contributed by atoms with Crippen LogP contribution in [0.3, 0.4) is 0 Å². The van der Waals surface area contributed by atoms with Crippen LogP contribution >= 0.6 is 0 Å². The molecule has 1 aliphatic carbocycles. The number of hydrogen-bond acceptors (Lipinski definition) is 5. The van der Waals surface area contributed by atoms with E-state index in [1.54, 1.807) is 18.2 Å². The first-order valence-electron chi connectivity index (χ1n) is 10.3. The molecule has 0 saturated carbocycles. The summed E-state index contributed by atoms with van der Waals surface area (Å²) in [6.45, 7) is 3.02. The number of carbonyl (C=O) groups is 2. The van der Waals surface area contributed by atoms with Crippen molar-refractivity contribution >= 4 is 11.8 Å². The molecule has 0 aromatic heterocycles. The van der Waals surface area contributed by atoms with Gasteiger partial charge in [0.05, 0.1) is 13.7 Å². The molecule has 7 nitrogen and oxygen atoms in total. The maximum atomic E-state index is 12.2. The minimum Gasteiger partial charge on any atom is -0.493 e. The molecule has 2 rings (SSSR count). The molecule has 0 unspecified atom stereocenters. The van der Waals surface area contributed by atoms with Crippen LogP contribution in [0.1, 0.15) is 62.2 Å². The van der Waals surface area contributed by atoms with Crippen molar-refractivity contribution < 1.29 is 23.9 Å². The Hall–Kier alpha value is -2.54. The minimum atomic E-state index is -0.455. The van der Waals surface area contributed by atoms with Crippen LogP contribution in [0.5, 0.6) is 11.5 Å². The van der Waals surface area contributed by atoms with E-state index in [1.165, 1.54) is 25.5 Å². The second-order valence-corrected chi connectivity index (χ2v) is 7.00. The lowest BCUT2D eigenvalue weighted by Gasteiger charge is -2.13. The Morgan fingerprint density at radius 1 is 1.17 bits per heavy atom. The number of hydrogen-bond donors (Lipinski definition) is 2. The average molecular weight is 405 g/mol. The topological polar surface area (TPSA) is 85.9 Å². The second-order valence-electron chi connectivity index (χ2n) is 7.00. The summed E-state index contributed by atoms with van der Waals surface area (Å²) in [6.07, 6.45) is 9.84. The Morgan fingerprint density at radius 3 is 2.76 bits per heavy atom. The first kappa shape index (κ1) is 22.7. The molecular weight excluding hydrogens is 372 g/mol. The molecule has 1 aliphatic rings. The molecule has 1 aromatic rings. The highest BCUT2D eigenvalue weighted by atomic mass is 16.7. The fourth-order valence-electron chi connectivity index (χ4n) is 3.03. The normalized spacial score (nSPS) is 13.4. The predicted octanol–water partition coefficient (Wildman–Crippen LogP) is 3.54. The van der Waals surface area contributed by atoms with E-state index in [0.29, 0.717) is 30.2 Å². The van der Waals surface area contributed by atoms with Crippen molar-refractivity contribution in [2.45, 2.75) is 51.9 Å². The molecule has 0 aliphatic heterocycles. The lowest BCUT2D eigenvalue weighted by Crippen LogP contribution is -2.33. The molecule has 0 spiro atoms.